The van der Waals surface area contributed by atoms with Crippen LogP contribution < -0.4 is 5.32 Å². The number of halogens is 1. The van der Waals surface area contributed by atoms with Crippen LogP contribution in [-0.4, -0.2) is 35.9 Å². The fourth-order valence-corrected chi connectivity index (χ4v) is 2.23. The van der Waals surface area contributed by atoms with Gasteiger partial charge in [0.1, 0.15) is 0 Å². The molecule has 1 fully saturated rings. The van der Waals surface area contributed by atoms with Crippen LogP contribution >= 0.6 is 0 Å². The van der Waals surface area contributed by atoms with Gasteiger partial charge in [-0.1, -0.05) is 12.8 Å². The maximum Gasteiger partial charge on any atom is 0.257 e. The van der Waals surface area contributed by atoms with Gasteiger partial charge in [-0.15, -0.1) is 0 Å². The SMILES string of the molecule is CNc1nccc(C(=O)N2CCCCCC2)c1F. The van der Waals surface area contributed by atoms with Gasteiger partial charge in [0.15, 0.2) is 11.6 Å². The highest BCUT2D eigenvalue weighted by Crippen LogP contribution is 2.18. The number of pyridine rings is 1. The van der Waals surface area contributed by atoms with Crippen molar-refractivity contribution in [3.05, 3.63) is 23.6 Å². The van der Waals surface area contributed by atoms with Crippen LogP contribution in [0.3, 0.4) is 0 Å². The topological polar surface area (TPSA) is 45.2 Å². The fraction of sp³-hybridized carbons (Fsp3) is 0.538. The molecule has 1 amide bonds. The number of hydrogen-bond donors (Lipinski definition) is 1. The van der Waals surface area contributed by atoms with E-state index in [0.717, 1.165) is 38.8 Å². The number of carbonyl (C=O) groups excluding carboxylic acids is 1. The second-order valence-electron chi connectivity index (χ2n) is 4.48. The van der Waals surface area contributed by atoms with Crippen molar-refractivity contribution in [3.63, 3.8) is 0 Å². The molecule has 1 saturated heterocycles. The molecule has 1 N–H and O–H groups in total. The van der Waals surface area contributed by atoms with Crippen LogP contribution in [0.25, 0.3) is 0 Å². The minimum absolute atomic E-state index is 0.108. The van der Waals surface area contributed by atoms with E-state index in [1.807, 2.05) is 0 Å². The molecule has 0 aliphatic carbocycles. The van der Waals surface area contributed by atoms with Crippen LogP contribution in [-0.2, 0) is 0 Å². The number of amides is 1. The Morgan fingerprint density at radius 1 is 1.33 bits per heavy atom. The Morgan fingerprint density at radius 3 is 2.61 bits per heavy atom. The van der Waals surface area contributed by atoms with Gasteiger partial charge in [0.2, 0.25) is 0 Å². The number of rotatable bonds is 2. The van der Waals surface area contributed by atoms with Gasteiger partial charge in [-0.25, -0.2) is 9.37 Å². The summed E-state index contributed by atoms with van der Waals surface area (Å²) in [4.78, 5) is 17.9. The van der Waals surface area contributed by atoms with Crippen molar-refractivity contribution in [1.29, 1.82) is 0 Å². The summed E-state index contributed by atoms with van der Waals surface area (Å²) in [7, 11) is 1.59. The van der Waals surface area contributed by atoms with E-state index < -0.39 is 5.82 Å². The zero-order valence-corrected chi connectivity index (χ0v) is 10.6. The van der Waals surface area contributed by atoms with Crippen LogP contribution in [0.2, 0.25) is 0 Å². The lowest BCUT2D eigenvalue weighted by atomic mass is 10.2. The maximum absolute atomic E-state index is 14.0. The standard InChI is InChI=1S/C13H18FN3O/c1-15-12-11(14)10(6-7-16-12)13(18)17-8-4-2-3-5-9-17/h6-7H,2-5,8-9H2,1H3,(H,15,16). The second-order valence-corrected chi connectivity index (χ2v) is 4.48. The molecule has 0 saturated carbocycles. The third-order valence-electron chi connectivity index (χ3n) is 3.25. The molecule has 98 valence electrons. The first kappa shape index (κ1) is 12.8. The summed E-state index contributed by atoms with van der Waals surface area (Å²) in [6, 6.07) is 1.45. The molecule has 18 heavy (non-hydrogen) atoms. The highest BCUT2D eigenvalue weighted by Gasteiger charge is 2.21. The van der Waals surface area contributed by atoms with E-state index in [4.69, 9.17) is 0 Å². The van der Waals surface area contributed by atoms with E-state index in [1.165, 1.54) is 12.3 Å². The molecule has 0 atom stereocenters. The number of carbonyl (C=O) groups is 1. The van der Waals surface area contributed by atoms with Crippen molar-refractivity contribution in [2.75, 3.05) is 25.5 Å². The van der Waals surface area contributed by atoms with E-state index in [2.05, 4.69) is 10.3 Å². The minimum atomic E-state index is -0.561. The summed E-state index contributed by atoms with van der Waals surface area (Å²) in [5.41, 5.74) is 0.108. The van der Waals surface area contributed by atoms with E-state index in [9.17, 15) is 9.18 Å². The largest absolute Gasteiger partial charge is 0.371 e. The molecule has 1 aromatic heterocycles. The second kappa shape index (κ2) is 5.80. The van der Waals surface area contributed by atoms with Crippen molar-refractivity contribution in [2.45, 2.75) is 25.7 Å². The van der Waals surface area contributed by atoms with Gasteiger partial charge < -0.3 is 10.2 Å². The van der Waals surface area contributed by atoms with E-state index >= 15 is 0 Å². The number of aromatic nitrogens is 1. The van der Waals surface area contributed by atoms with Crippen LogP contribution in [0, 0.1) is 5.82 Å². The van der Waals surface area contributed by atoms with Gasteiger partial charge in [0.05, 0.1) is 5.56 Å². The molecule has 0 aromatic carbocycles. The van der Waals surface area contributed by atoms with Gasteiger partial charge in [0, 0.05) is 26.3 Å². The Kier molecular flexibility index (Phi) is 4.12. The van der Waals surface area contributed by atoms with E-state index in [1.54, 1.807) is 11.9 Å². The number of hydrogen-bond acceptors (Lipinski definition) is 3. The Balaban J connectivity index is 2.22. The smallest absolute Gasteiger partial charge is 0.257 e. The van der Waals surface area contributed by atoms with Crippen molar-refractivity contribution in [2.24, 2.45) is 0 Å². The zero-order valence-electron chi connectivity index (χ0n) is 10.6. The molecular weight excluding hydrogens is 233 g/mol. The van der Waals surface area contributed by atoms with Crippen molar-refractivity contribution in [1.82, 2.24) is 9.88 Å². The quantitative estimate of drug-likeness (QED) is 0.877. The Bertz CT molecular complexity index is 428. The molecule has 4 nitrogen and oxygen atoms in total. The monoisotopic (exact) mass is 251 g/mol. The van der Waals surface area contributed by atoms with Gasteiger partial charge in [-0.3, -0.25) is 4.79 Å². The number of likely N-dealkylation sites (tertiary alicyclic amines) is 1. The summed E-state index contributed by atoms with van der Waals surface area (Å²) in [6.07, 6.45) is 5.74. The van der Waals surface area contributed by atoms with Crippen molar-refractivity contribution in [3.8, 4) is 0 Å². The lowest BCUT2D eigenvalue weighted by Gasteiger charge is -2.20. The molecule has 5 heteroatoms. The summed E-state index contributed by atoms with van der Waals surface area (Å²) < 4.78 is 14.0. The van der Waals surface area contributed by atoms with Crippen molar-refractivity contribution >= 4 is 11.7 Å². The Hall–Kier alpha value is -1.65. The molecule has 0 bridgehead atoms. The number of nitrogens with one attached hydrogen (secondary N) is 1. The third-order valence-corrected chi connectivity index (χ3v) is 3.25. The maximum atomic E-state index is 14.0. The zero-order chi connectivity index (χ0) is 13.0. The van der Waals surface area contributed by atoms with Gasteiger partial charge in [-0.2, -0.15) is 0 Å². The third kappa shape index (κ3) is 2.60. The molecule has 2 rings (SSSR count). The van der Waals surface area contributed by atoms with Gasteiger partial charge in [-0.05, 0) is 18.9 Å². The molecule has 0 radical (unpaired) electrons. The highest BCUT2D eigenvalue weighted by molar-refractivity contribution is 5.95. The Labute approximate surface area is 106 Å². The van der Waals surface area contributed by atoms with Gasteiger partial charge in [0.25, 0.3) is 5.91 Å². The highest BCUT2D eigenvalue weighted by atomic mass is 19.1. The fourth-order valence-electron chi connectivity index (χ4n) is 2.23. The summed E-state index contributed by atoms with van der Waals surface area (Å²) in [6.45, 7) is 1.44. The average Bonchev–Trinajstić information content (AvgIpc) is 2.67. The summed E-state index contributed by atoms with van der Waals surface area (Å²) in [5, 5.41) is 2.65. The van der Waals surface area contributed by atoms with Crippen molar-refractivity contribution < 1.29 is 9.18 Å². The summed E-state index contributed by atoms with van der Waals surface area (Å²) >= 11 is 0. The van der Waals surface area contributed by atoms with E-state index in [0.29, 0.717) is 0 Å². The van der Waals surface area contributed by atoms with Crippen LogP contribution in [0.5, 0.6) is 0 Å². The number of nitrogens with zero attached hydrogens (tertiary/aromatic N) is 2. The predicted octanol–water partition coefficient (Wildman–Crippen LogP) is 2.28. The predicted molar refractivity (Wildman–Crippen MR) is 68.1 cm³/mol. The first-order valence-corrected chi connectivity index (χ1v) is 6.35. The van der Waals surface area contributed by atoms with Gasteiger partial charge >= 0.3 is 0 Å². The lowest BCUT2D eigenvalue weighted by molar-refractivity contribution is 0.0757. The van der Waals surface area contributed by atoms with E-state index in [-0.39, 0.29) is 17.3 Å². The molecular formula is C13H18FN3O. The van der Waals surface area contributed by atoms with Crippen LogP contribution in [0.1, 0.15) is 36.0 Å². The minimum Gasteiger partial charge on any atom is -0.371 e. The molecule has 1 aliphatic rings. The molecule has 1 aromatic rings. The molecule has 0 spiro atoms. The van der Waals surface area contributed by atoms with Crippen LogP contribution in [0.15, 0.2) is 12.3 Å². The molecule has 2 heterocycles. The molecule has 1 aliphatic heterocycles. The van der Waals surface area contributed by atoms with Crippen LogP contribution in [0.4, 0.5) is 10.2 Å². The number of anilines is 1. The first-order valence-electron chi connectivity index (χ1n) is 6.35. The normalized spacial score (nSPS) is 16.2. The average molecular weight is 251 g/mol. The Morgan fingerprint density at radius 2 is 2.00 bits per heavy atom. The summed E-state index contributed by atoms with van der Waals surface area (Å²) in [5.74, 6) is -0.668. The lowest BCUT2D eigenvalue weighted by Crippen LogP contribution is -2.32. The molecule has 0 unspecified atom stereocenters. The first-order chi connectivity index (χ1) is 8.74.